The molecule has 4 nitrogen and oxygen atoms in total. The van der Waals surface area contributed by atoms with Crippen LogP contribution in [0.1, 0.15) is 117 Å². The summed E-state index contributed by atoms with van der Waals surface area (Å²) in [7, 11) is 0. The van der Waals surface area contributed by atoms with Crippen LogP contribution < -0.4 is 0 Å². The zero-order chi connectivity index (χ0) is 26.9. The molecule has 2 aromatic heterocycles. The predicted molar refractivity (Wildman–Crippen MR) is 166 cm³/mol. The summed E-state index contributed by atoms with van der Waals surface area (Å²) < 4.78 is 0. The van der Waals surface area contributed by atoms with E-state index in [1.165, 1.54) is 116 Å². The van der Waals surface area contributed by atoms with Crippen molar-refractivity contribution in [1.82, 2.24) is 19.9 Å². The number of nitrogens with zero attached hydrogens (tertiary/aromatic N) is 2. The second kappa shape index (κ2) is 9.44. The van der Waals surface area contributed by atoms with Crippen molar-refractivity contribution in [3.63, 3.8) is 0 Å². The van der Waals surface area contributed by atoms with Gasteiger partial charge in [-0.25, -0.2) is 9.97 Å². The summed E-state index contributed by atoms with van der Waals surface area (Å²) in [6.45, 7) is 0. The van der Waals surface area contributed by atoms with Gasteiger partial charge in [-0.1, -0.05) is 68.1 Å². The van der Waals surface area contributed by atoms with E-state index in [2.05, 4.69) is 64.6 Å². The smallest absolute Gasteiger partial charge is 0.110 e. The molecule has 2 atom stereocenters. The van der Waals surface area contributed by atoms with Crippen molar-refractivity contribution in [2.75, 3.05) is 0 Å². The van der Waals surface area contributed by atoms with E-state index in [0.717, 1.165) is 11.2 Å². The number of aromatic amines is 2. The number of nitrogens with one attached hydrogen (secondary N) is 2. The third-order valence-electron chi connectivity index (χ3n) is 10.9. The van der Waals surface area contributed by atoms with Gasteiger partial charge >= 0.3 is 0 Å². The molecule has 4 aliphatic carbocycles. The van der Waals surface area contributed by atoms with Gasteiger partial charge in [0.1, 0.15) is 11.6 Å². The van der Waals surface area contributed by atoms with Gasteiger partial charge in [0, 0.05) is 11.8 Å². The van der Waals surface area contributed by atoms with Gasteiger partial charge in [-0.05, 0) is 108 Å². The molecule has 0 radical (unpaired) electrons. The lowest BCUT2D eigenvalue weighted by molar-refractivity contribution is 0.679. The molecule has 3 fully saturated rings. The summed E-state index contributed by atoms with van der Waals surface area (Å²) in [5.41, 5.74) is 13.4. The number of fused-ring (bicyclic) bond motifs is 6. The van der Waals surface area contributed by atoms with Gasteiger partial charge in [0.05, 0.1) is 22.9 Å². The zero-order valence-electron chi connectivity index (χ0n) is 23.8. The second-order valence-electron chi connectivity index (χ2n) is 13.3. The maximum absolute atomic E-state index is 4.98. The van der Waals surface area contributed by atoms with Crippen molar-refractivity contribution in [2.45, 2.75) is 94.3 Å². The van der Waals surface area contributed by atoms with E-state index in [0.29, 0.717) is 23.7 Å². The number of hydrogen-bond donors (Lipinski definition) is 2. The van der Waals surface area contributed by atoms with E-state index >= 15 is 0 Å². The fourth-order valence-corrected chi connectivity index (χ4v) is 8.83. The highest BCUT2D eigenvalue weighted by molar-refractivity contribution is 5.86. The molecular weight excluding hydrogens is 500 g/mol. The Bertz CT molecular complexity index is 1740. The molecule has 2 unspecified atom stereocenters. The molecule has 0 aliphatic heterocycles. The minimum atomic E-state index is 0.610. The van der Waals surface area contributed by atoms with Crippen LogP contribution in [-0.4, -0.2) is 19.9 Å². The Kier molecular flexibility index (Phi) is 5.52. The highest BCUT2D eigenvalue weighted by Gasteiger charge is 2.40. The largest absolute Gasteiger partial charge is 0.342 e. The Morgan fingerprint density at radius 2 is 1.17 bits per heavy atom. The van der Waals surface area contributed by atoms with Gasteiger partial charge in [0.2, 0.25) is 0 Å². The molecule has 41 heavy (non-hydrogen) atoms. The van der Waals surface area contributed by atoms with Gasteiger partial charge in [-0.3, -0.25) is 0 Å². The van der Waals surface area contributed by atoms with Crippen LogP contribution in [0.5, 0.6) is 0 Å². The average Bonchev–Trinajstić information content (AvgIpc) is 3.86. The average molecular weight is 539 g/mol. The topological polar surface area (TPSA) is 57.4 Å². The number of benzene rings is 3. The lowest BCUT2D eigenvalue weighted by Crippen LogP contribution is -2.03. The third-order valence-corrected chi connectivity index (χ3v) is 10.9. The van der Waals surface area contributed by atoms with Crippen LogP contribution in [0.4, 0.5) is 0 Å². The van der Waals surface area contributed by atoms with Gasteiger partial charge in [0.25, 0.3) is 0 Å². The molecule has 0 spiro atoms. The summed E-state index contributed by atoms with van der Waals surface area (Å²) in [5, 5.41) is 0. The minimum absolute atomic E-state index is 0.610. The molecule has 3 aromatic carbocycles. The maximum atomic E-state index is 4.98. The summed E-state index contributed by atoms with van der Waals surface area (Å²) in [5.74, 6) is 4.98. The highest BCUT2D eigenvalue weighted by Crippen LogP contribution is 2.58. The second-order valence-corrected chi connectivity index (χ2v) is 13.3. The standard InChI is InChI=1S/C37H38N4/c1-2-6-24(5-1)36-38-21-33(41-36)23-11-9-22(10-12-23)29-16-17-30(35-28-14-13-27(19-28)34(29)35)26-15-18-31-32(20-26)40-37(39-31)25-7-3-4-8-25/h9-12,15-18,20-21,24-25,27-28H,1-8,13-14,19H2,(H,38,41)(H,39,40). The van der Waals surface area contributed by atoms with E-state index in [1.54, 1.807) is 11.1 Å². The van der Waals surface area contributed by atoms with Crippen LogP contribution in [0.25, 0.3) is 44.5 Å². The summed E-state index contributed by atoms with van der Waals surface area (Å²) in [6.07, 6.45) is 16.4. The first-order valence-corrected chi connectivity index (χ1v) is 16.1. The van der Waals surface area contributed by atoms with Crippen LogP contribution in [0, 0.1) is 0 Å². The molecule has 3 saturated carbocycles. The van der Waals surface area contributed by atoms with E-state index in [1.807, 2.05) is 6.20 Å². The van der Waals surface area contributed by atoms with Crippen LogP contribution in [-0.2, 0) is 0 Å². The van der Waals surface area contributed by atoms with Crippen LogP contribution in [0.2, 0.25) is 0 Å². The molecule has 4 heteroatoms. The molecular formula is C37H38N4. The van der Waals surface area contributed by atoms with Crippen LogP contribution in [0.3, 0.4) is 0 Å². The van der Waals surface area contributed by atoms with Crippen molar-refractivity contribution in [2.24, 2.45) is 0 Å². The molecule has 2 heterocycles. The van der Waals surface area contributed by atoms with E-state index < -0.39 is 0 Å². The lowest BCUT2D eigenvalue weighted by Gasteiger charge is -2.23. The lowest BCUT2D eigenvalue weighted by atomic mass is 9.81. The zero-order valence-corrected chi connectivity index (χ0v) is 23.8. The number of hydrogen-bond acceptors (Lipinski definition) is 2. The van der Waals surface area contributed by atoms with Crippen molar-refractivity contribution in [1.29, 1.82) is 0 Å². The fourth-order valence-electron chi connectivity index (χ4n) is 8.83. The quantitative estimate of drug-likeness (QED) is 0.234. The van der Waals surface area contributed by atoms with Crippen molar-refractivity contribution in [3.8, 4) is 33.5 Å². The third kappa shape index (κ3) is 3.94. The summed E-state index contributed by atoms with van der Waals surface area (Å²) >= 11 is 0. The molecule has 206 valence electrons. The van der Waals surface area contributed by atoms with Gasteiger partial charge in [-0.15, -0.1) is 0 Å². The van der Waals surface area contributed by atoms with E-state index in [-0.39, 0.29) is 0 Å². The van der Waals surface area contributed by atoms with Crippen molar-refractivity contribution in [3.05, 3.63) is 83.6 Å². The van der Waals surface area contributed by atoms with Gasteiger partial charge in [0.15, 0.2) is 0 Å². The first kappa shape index (κ1) is 24.0. The highest BCUT2D eigenvalue weighted by atomic mass is 14.9. The number of H-pyrrole nitrogens is 2. The Labute approximate surface area is 242 Å². The summed E-state index contributed by atoms with van der Waals surface area (Å²) in [4.78, 5) is 17.1. The first-order chi connectivity index (χ1) is 20.3. The van der Waals surface area contributed by atoms with E-state index in [9.17, 15) is 0 Å². The molecule has 9 rings (SSSR count). The van der Waals surface area contributed by atoms with E-state index in [4.69, 9.17) is 9.97 Å². The van der Waals surface area contributed by atoms with Crippen molar-refractivity contribution < 1.29 is 0 Å². The normalized spacial score (nSPS) is 22.3. The Morgan fingerprint density at radius 1 is 0.561 bits per heavy atom. The number of aromatic nitrogens is 4. The fraction of sp³-hybridized carbons (Fsp3) is 0.405. The Balaban J connectivity index is 1.06. The first-order valence-electron chi connectivity index (χ1n) is 16.1. The minimum Gasteiger partial charge on any atom is -0.342 e. The predicted octanol–water partition coefficient (Wildman–Crippen LogP) is 9.97. The summed E-state index contributed by atoms with van der Waals surface area (Å²) in [6, 6.07) is 20.9. The maximum Gasteiger partial charge on any atom is 0.110 e. The molecule has 5 aromatic rings. The number of imidazole rings is 2. The monoisotopic (exact) mass is 538 g/mol. The Morgan fingerprint density at radius 3 is 1.88 bits per heavy atom. The molecule has 0 amide bonds. The molecule has 2 N–H and O–H groups in total. The Hall–Kier alpha value is -3.66. The van der Waals surface area contributed by atoms with Crippen LogP contribution in [0.15, 0.2) is 60.8 Å². The van der Waals surface area contributed by atoms with Gasteiger partial charge in [-0.2, -0.15) is 0 Å². The SMILES string of the molecule is c1cc(-c2ccc(-c3ccc4nc(C5CCCC5)[nH]c4c3)c3c2C2CCC3C2)ccc1-c1cnc(C2CCCC2)[nH]1. The molecule has 2 bridgehead atoms. The van der Waals surface area contributed by atoms with Crippen molar-refractivity contribution >= 4 is 11.0 Å². The number of rotatable bonds is 5. The van der Waals surface area contributed by atoms with Gasteiger partial charge < -0.3 is 9.97 Å². The van der Waals surface area contributed by atoms with Crippen LogP contribution >= 0.6 is 0 Å². The molecule has 4 aliphatic rings. The molecule has 0 saturated heterocycles.